The number of rotatable bonds is 9. The molecule has 0 radical (unpaired) electrons. The van der Waals surface area contributed by atoms with Crippen LogP contribution in [0.4, 0.5) is 4.79 Å². The molecule has 2 aliphatic heterocycles. The molecule has 0 bridgehead atoms. The van der Waals surface area contributed by atoms with Gasteiger partial charge in [-0.3, -0.25) is 15.0 Å². The first-order chi connectivity index (χ1) is 12.0. The van der Waals surface area contributed by atoms with E-state index in [4.69, 9.17) is 11.6 Å². The summed E-state index contributed by atoms with van der Waals surface area (Å²) in [5, 5.41) is 6.35. The molecule has 25 heavy (non-hydrogen) atoms. The Hall–Kier alpha value is -1.48. The molecular formula is C16H31N5O3S. The predicted molar refractivity (Wildman–Crippen MR) is 99.6 cm³/mol. The molecule has 0 aliphatic carbocycles. The van der Waals surface area contributed by atoms with Crippen LogP contribution in [0.2, 0.25) is 0 Å². The summed E-state index contributed by atoms with van der Waals surface area (Å²) in [6, 6.07) is 0.516. The van der Waals surface area contributed by atoms with Gasteiger partial charge in [0.1, 0.15) is 0 Å². The molecule has 0 saturated carbocycles. The monoisotopic (exact) mass is 373 g/mol. The van der Waals surface area contributed by atoms with Gasteiger partial charge in [0, 0.05) is 23.8 Å². The first-order valence-electron chi connectivity index (χ1n) is 8.94. The molecule has 0 aromatic carbocycles. The Labute approximate surface area is 153 Å². The SMILES string of the molecule is CCCCCC(=O)NN.NC(=O)CCCC[C@@H]1SC[C@@H]2NC(=O)N[C@@H]21. The average molecular weight is 374 g/mol. The zero-order valence-corrected chi connectivity index (χ0v) is 15.7. The van der Waals surface area contributed by atoms with Gasteiger partial charge in [-0.15, -0.1) is 0 Å². The van der Waals surface area contributed by atoms with E-state index in [0.29, 0.717) is 24.1 Å². The fourth-order valence-electron chi connectivity index (χ4n) is 2.90. The van der Waals surface area contributed by atoms with Gasteiger partial charge in [0.05, 0.1) is 12.1 Å². The lowest BCUT2D eigenvalue weighted by atomic mass is 10.0. The van der Waals surface area contributed by atoms with Gasteiger partial charge < -0.3 is 16.4 Å². The van der Waals surface area contributed by atoms with Gasteiger partial charge in [0.2, 0.25) is 11.8 Å². The van der Waals surface area contributed by atoms with E-state index in [1.54, 1.807) is 0 Å². The van der Waals surface area contributed by atoms with Crippen LogP contribution in [0, 0.1) is 0 Å². The topological polar surface area (TPSA) is 139 Å². The zero-order valence-electron chi connectivity index (χ0n) is 14.9. The van der Waals surface area contributed by atoms with E-state index in [1.807, 2.05) is 11.8 Å². The number of thioether (sulfide) groups is 1. The number of carbonyl (C=O) groups excluding carboxylic acids is 3. The largest absolute Gasteiger partial charge is 0.370 e. The lowest BCUT2D eigenvalue weighted by Gasteiger charge is -2.16. The van der Waals surface area contributed by atoms with Crippen molar-refractivity contribution < 1.29 is 14.4 Å². The highest BCUT2D eigenvalue weighted by molar-refractivity contribution is 8.00. The van der Waals surface area contributed by atoms with Crippen LogP contribution in [0.1, 0.15) is 58.3 Å². The summed E-state index contributed by atoms with van der Waals surface area (Å²) in [7, 11) is 0. The van der Waals surface area contributed by atoms with E-state index in [0.717, 1.165) is 44.3 Å². The van der Waals surface area contributed by atoms with Crippen LogP contribution in [0.5, 0.6) is 0 Å². The Bertz CT molecular complexity index is 449. The van der Waals surface area contributed by atoms with Gasteiger partial charge in [-0.25, -0.2) is 10.6 Å². The predicted octanol–water partition coefficient (Wildman–Crippen LogP) is 0.754. The highest BCUT2D eigenvalue weighted by atomic mass is 32.2. The number of hydrogen-bond donors (Lipinski definition) is 5. The first-order valence-corrected chi connectivity index (χ1v) is 9.99. The Kier molecular flexibility index (Phi) is 10.3. The van der Waals surface area contributed by atoms with Crippen LogP contribution in [0.25, 0.3) is 0 Å². The van der Waals surface area contributed by atoms with Gasteiger partial charge in [-0.2, -0.15) is 11.8 Å². The number of fused-ring (bicyclic) bond motifs is 1. The maximum Gasteiger partial charge on any atom is 0.315 e. The molecule has 2 saturated heterocycles. The molecule has 0 unspecified atom stereocenters. The molecule has 0 spiro atoms. The molecule has 2 fully saturated rings. The molecule has 2 rings (SSSR count). The molecule has 2 aliphatic rings. The Morgan fingerprint density at radius 1 is 1.20 bits per heavy atom. The minimum absolute atomic E-state index is 0.0440. The summed E-state index contributed by atoms with van der Waals surface area (Å²) in [4.78, 5) is 32.2. The number of amides is 4. The molecule has 7 N–H and O–H groups in total. The van der Waals surface area contributed by atoms with Crippen molar-refractivity contribution in [2.75, 3.05) is 5.75 Å². The third-order valence-corrected chi connectivity index (χ3v) is 5.78. The zero-order chi connectivity index (χ0) is 18.7. The van der Waals surface area contributed by atoms with Crippen molar-refractivity contribution >= 4 is 29.6 Å². The molecule has 0 aromatic heterocycles. The van der Waals surface area contributed by atoms with E-state index in [1.165, 1.54) is 0 Å². The Morgan fingerprint density at radius 3 is 2.56 bits per heavy atom. The molecule has 8 nitrogen and oxygen atoms in total. The van der Waals surface area contributed by atoms with Crippen molar-refractivity contribution in [3.8, 4) is 0 Å². The van der Waals surface area contributed by atoms with E-state index in [2.05, 4.69) is 23.0 Å². The molecule has 144 valence electrons. The second-order valence-corrected chi connectivity index (χ2v) is 7.63. The van der Waals surface area contributed by atoms with Crippen molar-refractivity contribution in [2.24, 2.45) is 11.6 Å². The second kappa shape index (κ2) is 12.0. The quantitative estimate of drug-likeness (QED) is 0.133. The third kappa shape index (κ3) is 8.44. The number of nitrogens with one attached hydrogen (secondary N) is 3. The highest BCUT2D eigenvalue weighted by Gasteiger charge is 2.42. The van der Waals surface area contributed by atoms with E-state index in [-0.39, 0.29) is 23.9 Å². The third-order valence-electron chi connectivity index (χ3n) is 4.27. The minimum atomic E-state index is -0.229. The van der Waals surface area contributed by atoms with Gasteiger partial charge >= 0.3 is 6.03 Å². The molecular weight excluding hydrogens is 342 g/mol. The van der Waals surface area contributed by atoms with Crippen molar-refractivity contribution in [2.45, 2.75) is 75.6 Å². The lowest BCUT2D eigenvalue weighted by Crippen LogP contribution is -2.36. The number of primary amides is 1. The highest BCUT2D eigenvalue weighted by Crippen LogP contribution is 2.33. The smallest absolute Gasteiger partial charge is 0.315 e. The van der Waals surface area contributed by atoms with Gasteiger partial charge in [-0.1, -0.05) is 26.2 Å². The first kappa shape index (κ1) is 21.6. The summed E-state index contributed by atoms with van der Waals surface area (Å²) in [5.74, 6) is 5.55. The Morgan fingerprint density at radius 2 is 1.92 bits per heavy atom. The molecule has 3 atom stereocenters. The van der Waals surface area contributed by atoms with Crippen molar-refractivity contribution in [3.05, 3.63) is 0 Å². The van der Waals surface area contributed by atoms with Crippen LogP contribution < -0.4 is 27.6 Å². The van der Waals surface area contributed by atoms with Gasteiger partial charge in [0.15, 0.2) is 0 Å². The fourth-order valence-corrected chi connectivity index (χ4v) is 4.44. The standard InChI is InChI=1S/C10H17N3O2S.C6H14N2O/c11-8(14)4-2-1-3-7-9-6(5-16-7)12-10(15)13-9;1-2-3-4-5-6(9)8-7/h6-7,9H,1-5H2,(H2,11,14)(H2,12,13,15);2-5,7H2,1H3,(H,8,9)/t6-,7-,9-;/m0./s1. The number of carbonyl (C=O) groups is 3. The molecule has 0 aromatic rings. The Balaban J connectivity index is 0.000000299. The average Bonchev–Trinajstić information content (AvgIpc) is 3.11. The minimum Gasteiger partial charge on any atom is -0.370 e. The second-order valence-electron chi connectivity index (χ2n) is 6.36. The number of nitrogens with two attached hydrogens (primary N) is 2. The summed E-state index contributed by atoms with van der Waals surface area (Å²) in [5.41, 5.74) is 7.16. The summed E-state index contributed by atoms with van der Waals surface area (Å²) < 4.78 is 0. The summed E-state index contributed by atoms with van der Waals surface area (Å²) in [6.07, 6.45) is 7.11. The lowest BCUT2D eigenvalue weighted by molar-refractivity contribution is -0.121. The van der Waals surface area contributed by atoms with Gasteiger partial charge in [-0.05, 0) is 19.3 Å². The van der Waals surface area contributed by atoms with E-state index in [9.17, 15) is 14.4 Å². The van der Waals surface area contributed by atoms with Crippen LogP contribution in [-0.4, -0.2) is 40.9 Å². The number of hydrogen-bond acceptors (Lipinski definition) is 5. The van der Waals surface area contributed by atoms with Crippen molar-refractivity contribution in [1.82, 2.24) is 16.1 Å². The molecule has 4 amide bonds. The normalized spacial score (nSPS) is 23.8. The molecule has 9 heteroatoms. The van der Waals surface area contributed by atoms with Crippen molar-refractivity contribution in [3.63, 3.8) is 0 Å². The van der Waals surface area contributed by atoms with Gasteiger partial charge in [0.25, 0.3) is 0 Å². The maximum atomic E-state index is 11.1. The van der Waals surface area contributed by atoms with E-state index >= 15 is 0 Å². The van der Waals surface area contributed by atoms with Crippen LogP contribution in [0.3, 0.4) is 0 Å². The van der Waals surface area contributed by atoms with E-state index < -0.39 is 0 Å². The summed E-state index contributed by atoms with van der Waals surface area (Å²) >= 11 is 1.90. The number of unbranched alkanes of at least 4 members (excludes halogenated alkanes) is 3. The maximum absolute atomic E-state index is 11.1. The van der Waals surface area contributed by atoms with Crippen LogP contribution in [-0.2, 0) is 9.59 Å². The summed E-state index contributed by atoms with van der Waals surface area (Å²) in [6.45, 7) is 2.10. The van der Waals surface area contributed by atoms with Crippen LogP contribution >= 0.6 is 11.8 Å². The number of urea groups is 1. The van der Waals surface area contributed by atoms with Crippen molar-refractivity contribution in [1.29, 1.82) is 0 Å². The number of hydrazine groups is 1. The molecule has 2 heterocycles. The fraction of sp³-hybridized carbons (Fsp3) is 0.812. The van der Waals surface area contributed by atoms with Crippen LogP contribution in [0.15, 0.2) is 0 Å².